The van der Waals surface area contributed by atoms with Gasteiger partial charge >= 0.3 is 0 Å². The second kappa shape index (κ2) is 6.12. The number of halogens is 1. The summed E-state index contributed by atoms with van der Waals surface area (Å²) in [7, 11) is 0. The number of nitrogens with one attached hydrogen (secondary N) is 1. The smallest absolute Gasteiger partial charge is 0.274 e. The fourth-order valence-corrected chi connectivity index (χ4v) is 2.94. The van der Waals surface area contributed by atoms with Crippen LogP contribution in [0.3, 0.4) is 0 Å². The number of fused-ring (bicyclic) bond motifs is 1. The molecule has 0 saturated heterocycles. The Balaban J connectivity index is 1.70. The van der Waals surface area contributed by atoms with Crippen molar-refractivity contribution in [3.63, 3.8) is 0 Å². The number of aryl methyl sites for hydroxylation is 2. The Morgan fingerprint density at radius 1 is 1.59 bits per heavy atom. The Hall–Kier alpha value is -1.82. The van der Waals surface area contributed by atoms with Crippen molar-refractivity contribution in [1.29, 1.82) is 0 Å². The van der Waals surface area contributed by atoms with E-state index in [0.717, 1.165) is 37.1 Å². The summed E-state index contributed by atoms with van der Waals surface area (Å²) in [6, 6.07) is 0. The molecule has 1 atom stereocenters. The summed E-state index contributed by atoms with van der Waals surface area (Å²) in [5, 5.41) is 11.6. The second-order valence-electron chi connectivity index (χ2n) is 5.74. The highest BCUT2D eigenvalue weighted by molar-refractivity contribution is 6.31. The first kappa shape index (κ1) is 15.1. The predicted octanol–water partition coefficient (Wildman–Crippen LogP) is 2.60. The van der Waals surface area contributed by atoms with Crippen LogP contribution in [-0.4, -0.2) is 20.8 Å². The molecule has 22 heavy (non-hydrogen) atoms. The first-order chi connectivity index (χ1) is 10.6. The van der Waals surface area contributed by atoms with Gasteiger partial charge in [-0.1, -0.05) is 23.7 Å². The molecule has 6 nitrogen and oxygen atoms in total. The van der Waals surface area contributed by atoms with Crippen molar-refractivity contribution in [3.05, 3.63) is 33.9 Å². The van der Waals surface area contributed by atoms with Gasteiger partial charge in [0.2, 0.25) is 0 Å². The van der Waals surface area contributed by atoms with E-state index in [1.54, 1.807) is 10.9 Å². The van der Waals surface area contributed by atoms with E-state index in [-0.39, 0.29) is 12.5 Å². The molecule has 7 heteroatoms. The fourth-order valence-electron chi connectivity index (χ4n) is 2.72. The molecule has 0 fully saturated rings. The highest BCUT2D eigenvalue weighted by Gasteiger charge is 2.26. The van der Waals surface area contributed by atoms with Crippen molar-refractivity contribution in [2.24, 2.45) is 5.92 Å². The molecule has 1 unspecified atom stereocenters. The monoisotopic (exact) mass is 322 g/mol. The lowest BCUT2D eigenvalue weighted by Gasteiger charge is -2.16. The topological polar surface area (TPSA) is 73.0 Å². The largest absolute Gasteiger partial charge is 0.360 e. The lowest BCUT2D eigenvalue weighted by Crippen LogP contribution is -2.25. The van der Waals surface area contributed by atoms with Gasteiger partial charge in [-0.3, -0.25) is 9.48 Å². The number of aromatic nitrogens is 3. The normalized spacial score (nSPS) is 17.3. The van der Waals surface area contributed by atoms with Crippen molar-refractivity contribution in [2.45, 2.75) is 46.2 Å². The Morgan fingerprint density at radius 2 is 2.41 bits per heavy atom. The van der Waals surface area contributed by atoms with Gasteiger partial charge in [-0.25, -0.2) is 0 Å². The lowest BCUT2D eigenvalue weighted by molar-refractivity contribution is 0.0940. The molecule has 0 aromatic carbocycles. The molecule has 2 aromatic heterocycles. The summed E-state index contributed by atoms with van der Waals surface area (Å²) in [5.41, 5.74) is 2.00. The van der Waals surface area contributed by atoms with Gasteiger partial charge in [0.15, 0.2) is 5.69 Å². The van der Waals surface area contributed by atoms with Crippen LogP contribution < -0.4 is 5.32 Å². The quantitative estimate of drug-likeness (QED) is 0.939. The van der Waals surface area contributed by atoms with Crippen LogP contribution in [0.25, 0.3) is 0 Å². The first-order valence-electron chi connectivity index (χ1n) is 7.56. The molecule has 0 spiro atoms. The first-order valence-corrected chi connectivity index (χ1v) is 7.93. The lowest BCUT2D eigenvalue weighted by atomic mass is 9.88. The molecular weight excluding hydrogens is 304 g/mol. The van der Waals surface area contributed by atoms with Crippen LogP contribution >= 0.6 is 11.6 Å². The van der Waals surface area contributed by atoms with Gasteiger partial charge in [0.05, 0.1) is 11.6 Å². The predicted molar refractivity (Wildman–Crippen MR) is 81.8 cm³/mol. The van der Waals surface area contributed by atoms with Gasteiger partial charge < -0.3 is 9.84 Å². The summed E-state index contributed by atoms with van der Waals surface area (Å²) in [6.45, 7) is 5.17. The number of amides is 1. The summed E-state index contributed by atoms with van der Waals surface area (Å²) in [5.74, 6) is 1.16. The van der Waals surface area contributed by atoms with Crippen LogP contribution in [0.4, 0.5) is 0 Å². The van der Waals surface area contributed by atoms with Gasteiger partial charge in [-0.15, -0.1) is 0 Å². The van der Waals surface area contributed by atoms with E-state index in [1.807, 2.05) is 6.92 Å². The Morgan fingerprint density at radius 3 is 3.14 bits per heavy atom. The minimum Gasteiger partial charge on any atom is -0.360 e. The number of carbonyl (C=O) groups is 1. The molecule has 0 radical (unpaired) electrons. The molecule has 0 bridgehead atoms. The highest BCUT2D eigenvalue weighted by Crippen LogP contribution is 2.27. The number of nitrogens with zero attached hydrogens (tertiary/aromatic N) is 3. The molecule has 118 valence electrons. The number of hydrogen-bond acceptors (Lipinski definition) is 4. The van der Waals surface area contributed by atoms with Crippen molar-refractivity contribution in [2.75, 3.05) is 0 Å². The third kappa shape index (κ3) is 2.88. The molecule has 1 N–H and O–H groups in total. The Kier molecular flexibility index (Phi) is 4.20. The van der Waals surface area contributed by atoms with E-state index >= 15 is 0 Å². The molecule has 2 heterocycles. The summed E-state index contributed by atoms with van der Waals surface area (Å²) < 4.78 is 7.04. The third-order valence-corrected chi connectivity index (χ3v) is 4.34. The van der Waals surface area contributed by atoms with Gasteiger partial charge in [-0.2, -0.15) is 5.10 Å². The zero-order chi connectivity index (χ0) is 15.7. The maximum Gasteiger partial charge on any atom is 0.274 e. The molecule has 0 saturated carbocycles. The van der Waals surface area contributed by atoms with Gasteiger partial charge in [-0.05, 0) is 25.7 Å². The van der Waals surface area contributed by atoms with E-state index in [2.05, 4.69) is 22.5 Å². The zero-order valence-corrected chi connectivity index (χ0v) is 13.5. The Bertz CT molecular complexity index is 692. The van der Waals surface area contributed by atoms with Crippen LogP contribution in [0, 0.1) is 5.92 Å². The third-order valence-electron chi connectivity index (χ3n) is 4.03. The van der Waals surface area contributed by atoms with Crippen molar-refractivity contribution in [3.8, 4) is 0 Å². The number of carbonyl (C=O) groups excluding carboxylic acids is 1. The van der Waals surface area contributed by atoms with E-state index in [9.17, 15) is 4.79 Å². The summed E-state index contributed by atoms with van der Waals surface area (Å²) in [4.78, 5) is 12.3. The minimum absolute atomic E-state index is 0.235. The summed E-state index contributed by atoms with van der Waals surface area (Å²) in [6.07, 6.45) is 4.52. The zero-order valence-electron chi connectivity index (χ0n) is 12.7. The Labute approximate surface area is 133 Å². The van der Waals surface area contributed by atoms with Gasteiger partial charge in [0.25, 0.3) is 5.91 Å². The van der Waals surface area contributed by atoms with E-state index in [1.165, 1.54) is 0 Å². The fraction of sp³-hybridized carbons (Fsp3) is 0.533. The molecule has 2 aromatic rings. The van der Waals surface area contributed by atoms with E-state index in [4.69, 9.17) is 16.1 Å². The standard InChI is InChI=1S/C15H19ClN4O2/c1-3-20-8-11(16)12(18-20)7-17-15(21)14-10-6-9(2)4-5-13(10)22-19-14/h8-9H,3-7H2,1-2H3,(H,17,21). The number of hydrogen-bond donors (Lipinski definition) is 1. The van der Waals surface area contributed by atoms with Crippen molar-refractivity contribution < 1.29 is 9.32 Å². The van der Waals surface area contributed by atoms with Crippen LogP contribution in [0.1, 0.15) is 47.8 Å². The van der Waals surface area contributed by atoms with Crippen LogP contribution in [0.2, 0.25) is 5.02 Å². The SMILES string of the molecule is CCn1cc(Cl)c(CNC(=O)c2noc3c2CC(C)CC3)n1. The highest BCUT2D eigenvalue weighted by atomic mass is 35.5. The maximum atomic E-state index is 12.3. The maximum absolute atomic E-state index is 12.3. The van der Waals surface area contributed by atoms with E-state index < -0.39 is 0 Å². The van der Waals surface area contributed by atoms with Crippen LogP contribution in [0.15, 0.2) is 10.7 Å². The van der Waals surface area contributed by atoms with E-state index in [0.29, 0.717) is 22.3 Å². The molecule has 3 rings (SSSR count). The molecule has 1 amide bonds. The minimum atomic E-state index is -0.235. The van der Waals surface area contributed by atoms with Crippen molar-refractivity contribution in [1.82, 2.24) is 20.3 Å². The average Bonchev–Trinajstić information content (AvgIpc) is 3.07. The number of rotatable bonds is 4. The molecule has 0 aliphatic heterocycles. The van der Waals surface area contributed by atoms with Crippen molar-refractivity contribution >= 4 is 17.5 Å². The van der Waals surface area contributed by atoms with Crippen LogP contribution in [0.5, 0.6) is 0 Å². The van der Waals surface area contributed by atoms with Gasteiger partial charge in [0, 0.05) is 24.7 Å². The molecule has 1 aliphatic rings. The molecular formula is C15H19ClN4O2. The van der Waals surface area contributed by atoms with Gasteiger partial charge in [0.1, 0.15) is 11.5 Å². The second-order valence-corrected chi connectivity index (χ2v) is 6.15. The van der Waals surface area contributed by atoms with Crippen LogP contribution in [-0.2, 0) is 25.9 Å². The molecule has 1 aliphatic carbocycles. The average molecular weight is 323 g/mol. The summed E-state index contributed by atoms with van der Waals surface area (Å²) >= 11 is 6.10.